The molecule has 0 bridgehead atoms. The van der Waals surface area contributed by atoms with Crippen molar-refractivity contribution in [3.8, 4) is 0 Å². The molecule has 1 aromatic heterocycles. The lowest BCUT2D eigenvalue weighted by atomic mass is 9.79. The van der Waals surface area contributed by atoms with Crippen LogP contribution in [0.1, 0.15) is 0 Å². The molecule has 0 radical (unpaired) electrons. The summed E-state index contributed by atoms with van der Waals surface area (Å²) in [7, 11) is -1.54. The molecule has 0 aliphatic carbocycles. The first-order valence-corrected chi connectivity index (χ1v) is 5.28. The van der Waals surface area contributed by atoms with Crippen LogP contribution in [0.5, 0.6) is 0 Å². The minimum absolute atomic E-state index is 0.387. The minimum atomic E-state index is -1.54. The van der Waals surface area contributed by atoms with Crippen LogP contribution in [0.2, 0.25) is 0 Å². The summed E-state index contributed by atoms with van der Waals surface area (Å²) in [5.41, 5.74) is 6.54. The van der Waals surface area contributed by atoms with E-state index in [1.165, 1.54) is 11.3 Å². The Hall–Kier alpha value is -0.685. The molecule has 0 unspecified atom stereocenters. The van der Waals surface area contributed by atoms with Gasteiger partial charge in [0.15, 0.2) is 0 Å². The Labute approximate surface area is 90.7 Å². The van der Waals surface area contributed by atoms with E-state index in [-0.39, 0.29) is 0 Å². The number of nitrogens with two attached hydrogens (primary N) is 1. The molecule has 1 heterocycles. The summed E-state index contributed by atoms with van der Waals surface area (Å²) in [5.74, 6) is 0. The fraction of sp³-hybridized carbons (Fsp3) is 0. The van der Waals surface area contributed by atoms with E-state index >= 15 is 0 Å². The summed E-state index contributed by atoms with van der Waals surface area (Å²) in [6.45, 7) is 0. The first kappa shape index (κ1) is 9.85. The van der Waals surface area contributed by atoms with Crippen molar-refractivity contribution in [1.29, 1.82) is 0 Å². The predicted octanol–water partition coefficient (Wildman–Crippen LogP) is 0.452. The molecular weight excluding hydrogens is 217 g/mol. The number of nitrogen functional groups attached to an aromatic ring is 1. The second kappa shape index (κ2) is 3.47. The van der Waals surface area contributed by atoms with Crippen molar-refractivity contribution in [3.05, 3.63) is 17.5 Å². The number of fused-ring (bicyclic) bond motifs is 1. The maximum Gasteiger partial charge on any atom is 0.491 e. The Morgan fingerprint density at radius 1 is 1.43 bits per heavy atom. The molecule has 0 aliphatic rings. The van der Waals surface area contributed by atoms with E-state index in [2.05, 4.69) is 12.6 Å². The van der Waals surface area contributed by atoms with Gasteiger partial charge in [-0.1, -0.05) is 0 Å². The fourth-order valence-electron chi connectivity index (χ4n) is 1.39. The van der Waals surface area contributed by atoms with E-state index in [0.29, 0.717) is 16.0 Å². The van der Waals surface area contributed by atoms with Gasteiger partial charge < -0.3 is 15.8 Å². The monoisotopic (exact) mass is 225 g/mol. The zero-order valence-electron chi connectivity index (χ0n) is 7.14. The van der Waals surface area contributed by atoms with Crippen LogP contribution < -0.4 is 11.2 Å². The first-order valence-electron chi connectivity index (χ1n) is 3.96. The largest absolute Gasteiger partial charge is 0.491 e. The third kappa shape index (κ3) is 1.40. The van der Waals surface area contributed by atoms with Crippen LogP contribution in [0, 0.1) is 0 Å². The highest BCUT2D eigenvalue weighted by atomic mass is 32.1. The van der Waals surface area contributed by atoms with Gasteiger partial charge in [-0.05, 0) is 22.9 Å². The normalized spacial score (nSPS) is 10.8. The lowest BCUT2D eigenvalue weighted by molar-refractivity contribution is 0.425. The predicted molar refractivity (Wildman–Crippen MR) is 63.3 cm³/mol. The van der Waals surface area contributed by atoms with Gasteiger partial charge in [0.25, 0.3) is 0 Å². The molecule has 0 atom stereocenters. The van der Waals surface area contributed by atoms with Crippen molar-refractivity contribution in [1.82, 2.24) is 0 Å². The van der Waals surface area contributed by atoms with Crippen molar-refractivity contribution in [2.45, 2.75) is 4.90 Å². The quantitative estimate of drug-likeness (QED) is 0.323. The van der Waals surface area contributed by atoms with Gasteiger partial charge in [-0.2, -0.15) is 0 Å². The van der Waals surface area contributed by atoms with E-state index in [9.17, 15) is 10.0 Å². The van der Waals surface area contributed by atoms with E-state index < -0.39 is 7.12 Å². The maximum atomic E-state index is 9.20. The van der Waals surface area contributed by atoms with Gasteiger partial charge in [0.05, 0.1) is 0 Å². The van der Waals surface area contributed by atoms with E-state index in [1.54, 1.807) is 6.07 Å². The Balaban J connectivity index is 2.86. The molecule has 2 rings (SSSR count). The van der Waals surface area contributed by atoms with Crippen LogP contribution in [0.3, 0.4) is 0 Å². The Bertz CT molecular complexity index is 483. The standard InChI is InChI=1S/C8H8BNO2S2/c10-5-3-4-1-2-14-8(4)6(7(5)13)9(11)12/h1-3,11-13H,10H2. The summed E-state index contributed by atoms with van der Waals surface area (Å²) in [5, 5.41) is 21.2. The van der Waals surface area contributed by atoms with Crippen molar-refractivity contribution in [3.63, 3.8) is 0 Å². The van der Waals surface area contributed by atoms with Crippen LogP contribution >= 0.6 is 24.0 Å². The van der Waals surface area contributed by atoms with Gasteiger partial charge in [0.2, 0.25) is 0 Å². The van der Waals surface area contributed by atoms with Gasteiger partial charge in [-0.3, -0.25) is 0 Å². The molecule has 72 valence electrons. The first-order chi connectivity index (χ1) is 6.61. The third-order valence-electron chi connectivity index (χ3n) is 2.04. The zero-order valence-corrected chi connectivity index (χ0v) is 8.85. The van der Waals surface area contributed by atoms with Crippen molar-refractivity contribution in [2.24, 2.45) is 0 Å². The van der Waals surface area contributed by atoms with Crippen LogP contribution in [0.4, 0.5) is 5.69 Å². The summed E-state index contributed by atoms with van der Waals surface area (Å²) in [4.78, 5) is 0.440. The second-order valence-corrected chi connectivity index (χ2v) is 4.30. The van der Waals surface area contributed by atoms with Crippen LogP contribution in [0.15, 0.2) is 22.4 Å². The van der Waals surface area contributed by atoms with Gasteiger partial charge in [-0.15, -0.1) is 24.0 Å². The summed E-state index contributed by atoms with van der Waals surface area (Å²) < 4.78 is 0.819. The number of benzene rings is 1. The Morgan fingerprint density at radius 2 is 2.14 bits per heavy atom. The van der Waals surface area contributed by atoms with Gasteiger partial charge >= 0.3 is 7.12 Å². The third-order valence-corrected chi connectivity index (χ3v) is 3.50. The van der Waals surface area contributed by atoms with Crippen molar-refractivity contribution < 1.29 is 10.0 Å². The molecule has 1 aromatic carbocycles. The van der Waals surface area contributed by atoms with Gasteiger partial charge in [0, 0.05) is 20.7 Å². The van der Waals surface area contributed by atoms with E-state index in [4.69, 9.17) is 5.73 Å². The lowest BCUT2D eigenvalue weighted by Gasteiger charge is -2.08. The molecule has 14 heavy (non-hydrogen) atoms. The molecule has 0 amide bonds. The van der Waals surface area contributed by atoms with Crippen LogP contribution in [0.25, 0.3) is 10.1 Å². The minimum Gasteiger partial charge on any atom is -0.423 e. The number of rotatable bonds is 1. The van der Waals surface area contributed by atoms with Crippen molar-refractivity contribution >= 4 is 52.3 Å². The SMILES string of the molecule is Nc1cc2ccsc2c(B(O)O)c1S. The molecule has 0 saturated heterocycles. The molecule has 6 heteroatoms. The molecule has 0 saturated carbocycles. The Morgan fingerprint density at radius 3 is 2.79 bits per heavy atom. The fourth-order valence-corrected chi connectivity index (χ4v) is 2.71. The summed E-state index contributed by atoms with van der Waals surface area (Å²) >= 11 is 5.60. The molecule has 0 fully saturated rings. The molecule has 0 spiro atoms. The van der Waals surface area contributed by atoms with E-state index in [0.717, 1.165) is 10.1 Å². The molecule has 0 aliphatic heterocycles. The number of thiophene rings is 1. The average molecular weight is 225 g/mol. The highest BCUT2D eigenvalue weighted by Gasteiger charge is 2.20. The number of anilines is 1. The lowest BCUT2D eigenvalue weighted by Crippen LogP contribution is -2.32. The van der Waals surface area contributed by atoms with Crippen LogP contribution in [-0.2, 0) is 0 Å². The number of hydrogen-bond donors (Lipinski definition) is 4. The molecule has 2 aromatic rings. The van der Waals surface area contributed by atoms with Crippen LogP contribution in [-0.4, -0.2) is 17.2 Å². The molecular formula is C8H8BNO2S2. The molecule has 3 nitrogen and oxygen atoms in total. The van der Waals surface area contributed by atoms with Gasteiger partial charge in [0.1, 0.15) is 0 Å². The number of thiol groups is 1. The number of hydrogen-bond acceptors (Lipinski definition) is 5. The maximum absolute atomic E-state index is 9.20. The Kier molecular flexibility index (Phi) is 2.44. The summed E-state index contributed by atoms with van der Waals surface area (Å²) in [6.07, 6.45) is 0. The van der Waals surface area contributed by atoms with E-state index in [1.807, 2.05) is 11.4 Å². The van der Waals surface area contributed by atoms with Crippen molar-refractivity contribution in [2.75, 3.05) is 5.73 Å². The molecule has 4 N–H and O–H groups in total. The average Bonchev–Trinajstić information content (AvgIpc) is 2.52. The summed E-state index contributed by atoms with van der Waals surface area (Å²) in [6, 6.07) is 3.66. The topological polar surface area (TPSA) is 66.5 Å². The van der Waals surface area contributed by atoms with Gasteiger partial charge in [-0.25, -0.2) is 0 Å². The smallest absolute Gasteiger partial charge is 0.423 e. The zero-order chi connectivity index (χ0) is 10.3. The second-order valence-electron chi connectivity index (χ2n) is 2.94. The highest BCUT2D eigenvalue weighted by molar-refractivity contribution is 7.80. The highest BCUT2D eigenvalue weighted by Crippen LogP contribution is 2.26.